The number of rotatable bonds is 3. The minimum atomic E-state index is -0.306. The summed E-state index contributed by atoms with van der Waals surface area (Å²) in [6.07, 6.45) is 0. The van der Waals surface area contributed by atoms with Crippen molar-refractivity contribution < 1.29 is 4.79 Å². The zero-order chi connectivity index (χ0) is 21.3. The van der Waals surface area contributed by atoms with Crippen LogP contribution in [-0.2, 0) is 0 Å². The summed E-state index contributed by atoms with van der Waals surface area (Å²) in [5, 5.41) is 7.46. The lowest BCUT2D eigenvalue weighted by Gasteiger charge is -2.14. The van der Waals surface area contributed by atoms with E-state index in [1.807, 2.05) is 43.3 Å². The minimum Gasteiger partial charge on any atom is -0.331 e. The molecule has 2 N–H and O–H groups in total. The summed E-state index contributed by atoms with van der Waals surface area (Å²) in [6.45, 7) is 1.96. The number of nitrogens with zero attached hydrogens (tertiary/aromatic N) is 1. The van der Waals surface area contributed by atoms with E-state index >= 15 is 0 Å². The minimum absolute atomic E-state index is 0.132. The van der Waals surface area contributed by atoms with E-state index in [-0.39, 0.29) is 11.0 Å². The first kappa shape index (κ1) is 20.8. The second kappa shape index (κ2) is 8.70. The van der Waals surface area contributed by atoms with Crippen molar-refractivity contribution in [1.29, 1.82) is 0 Å². The molecular weight excluding hydrogens is 457 g/mol. The third-order valence-corrected chi connectivity index (χ3v) is 6.15. The van der Waals surface area contributed by atoms with Gasteiger partial charge >= 0.3 is 0 Å². The van der Waals surface area contributed by atoms with Crippen LogP contribution in [0.5, 0.6) is 0 Å². The molecule has 0 unspecified atom stereocenters. The van der Waals surface area contributed by atoms with Crippen LogP contribution < -0.4 is 10.6 Å². The van der Waals surface area contributed by atoms with Gasteiger partial charge in [-0.05, 0) is 55.5 Å². The number of carbonyl (C=O) groups excluding carboxylic acids is 1. The average molecular weight is 472 g/mol. The molecule has 3 aromatic carbocycles. The van der Waals surface area contributed by atoms with E-state index in [9.17, 15) is 4.79 Å². The van der Waals surface area contributed by atoms with Gasteiger partial charge in [0.15, 0.2) is 5.11 Å². The predicted octanol–water partition coefficient (Wildman–Crippen LogP) is 6.71. The molecule has 0 saturated carbocycles. The van der Waals surface area contributed by atoms with Gasteiger partial charge in [0.1, 0.15) is 5.01 Å². The van der Waals surface area contributed by atoms with Gasteiger partial charge in [-0.25, -0.2) is 4.98 Å². The zero-order valence-electron chi connectivity index (χ0n) is 15.7. The first-order valence-corrected chi connectivity index (χ1v) is 10.9. The van der Waals surface area contributed by atoms with E-state index in [1.54, 1.807) is 24.3 Å². The van der Waals surface area contributed by atoms with E-state index in [1.165, 1.54) is 11.3 Å². The standard InChI is InChI=1S/C22H15Cl2N3OS2/c1-12-6-8-13(9-7-12)20(28)27-22(29)26-19-15(10-14(23)11-16(19)24)21-25-17-4-2-3-5-18(17)30-21/h2-11H,1H3,(H2,26,27,28,29). The molecule has 30 heavy (non-hydrogen) atoms. The van der Waals surface area contributed by atoms with Gasteiger partial charge in [0.2, 0.25) is 0 Å². The summed E-state index contributed by atoms with van der Waals surface area (Å²) in [4.78, 5) is 17.1. The van der Waals surface area contributed by atoms with Crippen LogP contribution in [-0.4, -0.2) is 16.0 Å². The van der Waals surface area contributed by atoms with Crippen molar-refractivity contribution in [2.24, 2.45) is 0 Å². The average Bonchev–Trinajstić information content (AvgIpc) is 3.14. The van der Waals surface area contributed by atoms with Crippen LogP contribution in [0.4, 0.5) is 5.69 Å². The number of thiocarbonyl (C=S) groups is 1. The molecule has 1 aromatic heterocycles. The van der Waals surface area contributed by atoms with Crippen molar-refractivity contribution in [1.82, 2.24) is 10.3 Å². The van der Waals surface area contributed by atoms with Crippen LogP contribution in [0.25, 0.3) is 20.8 Å². The van der Waals surface area contributed by atoms with Crippen molar-refractivity contribution in [3.63, 3.8) is 0 Å². The van der Waals surface area contributed by atoms with E-state index in [0.717, 1.165) is 20.8 Å². The lowest BCUT2D eigenvalue weighted by Crippen LogP contribution is -2.34. The first-order chi connectivity index (χ1) is 14.4. The largest absolute Gasteiger partial charge is 0.331 e. The molecule has 4 aromatic rings. The summed E-state index contributed by atoms with van der Waals surface area (Å²) in [6, 6.07) is 18.5. The number of aryl methyl sites for hydroxylation is 1. The van der Waals surface area contributed by atoms with Crippen LogP contribution >= 0.6 is 46.8 Å². The molecule has 0 bridgehead atoms. The van der Waals surface area contributed by atoms with Crippen LogP contribution in [0, 0.1) is 6.92 Å². The monoisotopic (exact) mass is 471 g/mol. The molecule has 0 aliphatic carbocycles. The maximum atomic E-state index is 12.5. The smallest absolute Gasteiger partial charge is 0.257 e. The summed E-state index contributed by atoms with van der Waals surface area (Å²) in [7, 11) is 0. The highest BCUT2D eigenvalue weighted by atomic mass is 35.5. The number of carbonyl (C=O) groups is 1. The van der Waals surface area contributed by atoms with Gasteiger partial charge in [0.25, 0.3) is 5.91 Å². The quantitative estimate of drug-likeness (QED) is 0.326. The van der Waals surface area contributed by atoms with Crippen LogP contribution in [0.15, 0.2) is 60.7 Å². The van der Waals surface area contributed by atoms with E-state index in [4.69, 9.17) is 35.4 Å². The number of anilines is 1. The summed E-state index contributed by atoms with van der Waals surface area (Å²) >= 11 is 19.6. The van der Waals surface area contributed by atoms with Crippen molar-refractivity contribution >= 4 is 73.7 Å². The van der Waals surface area contributed by atoms with Crippen molar-refractivity contribution in [2.75, 3.05) is 5.32 Å². The molecule has 0 radical (unpaired) electrons. The second-order valence-electron chi connectivity index (χ2n) is 6.57. The van der Waals surface area contributed by atoms with Gasteiger partial charge in [-0.1, -0.05) is 53.0 Å². The molecule has 1 heterocycles. The number of para-hydroxylation sites is 1. The fourth-order valence-electron chi connectivity index (χ4n) is 2.88. The number of hydrogen-bond acceptors (Lipinski definition) is 4. The third-order valence-electron chi connectivity index (χ3n) is 4.36. The van der Waals surface area contributed by atoms with E-state index in [2.05, 4.69) is 15.6 Å². The van der Waals surface area contributed by atoms with Crippen molar-refractivity contribution in [3.8, 4) is 10.6 Å². The van der Waals surface area contributed by atoms with E-state index < -0.39 is 0 Å². The molecule has 0 fully saturated rings. The summed E-state index contributed by atoms with van der Waals surface area (Å²) in [5.74, 6) is -0.306. The second-order valence-corrected chi connectivity index (χ2v) is 8.85. The Hall–Kier alpha value is -2.51. The molecule has 0 saturated heterocycles. The highest BCUT2D eigenvalue weighted by molar-refractivity contribution is 7.80. The zero-order valence-corrected chi connectivity index (χ0v) is 18.8. The lowest BCUT2D eigenvalue weighted by molar-refractivity contribution is 0.0977. The van der Waals surface area contributed by atoms with Gasteiger partial charge < -0.3 is 5.32 Å². The number of aromatic nitrogens is 1. The Kier molecular flexibility index (Phi) is 6.01. The summed E-state index contributed by atoms with van der Waals surface area (Å²) < 4.78 is 1.05. The molecule has 0 atom stereocenters. The lowest BCUT2D eigenvalue weighted by atomic mass is 10.1. The van der Waals surface area contributed by atoms with E-state index in [0.29, 0.717) is 26.9 Å². The topological polar surface area (TPSA) is 54.0 Å². The molecule has 4 nitrogen and oxygen atoms in total. The van der Waals surface area contributed by atoms with Crippen molar-refractivity contribution in [3.05, 3.63) is 81.8 Å². The highest BCUT2D eigenvalue weighted by Crippen LogP contribution is 2.40. The predicted molar refractivity (Wildman–Crippen MR) is 130 cm³/mol. The maximum Gasteiger partial charge on any atom is 0.257 e. The normalized spacial score (nSPS) is 10.8. The number of thiazole rings is 1. The van der Waals surface area contributed by atoms with Crippen molar-refractivity contribution in [2.45, 2.75) is 6.92 Å². The molecule has 8 heteroatoms. The SMILES string of the molecule is Cc1ccc(C(=O)NC(=S)Nc2c(Cl)cc(Cl)cc2-c2nc3ccccc3s2)cc1. The Balaban J connectivity index is 1.63. The number of amides is 1. The number of fused-ring (bicyclic) bond motifs is 1. The first-order valence-electron chi connectivity index (χ1n) is 8.95. The number of hydrogen-bond donors (Lipinski definition) is 2. The molecule has 0 aliphatic heterocycles. The van der Waals surface area contributed by atoms with Crippen LogP contribution in [0.3, 0.4) is 0 Å². The number of nitrogens with one attached hydrogen (secondary N) is 2. The van der Waals surface area contributed by atoms with Gasteiger partial charge in [-0.15, -0.1) is 11.3 Å². The van der Waals surface area contributed by atoms with Gasteiger partial charge in [0.05, 0.1) is 20.9 Å². The Bertz CT molecular complexity index is 1240. The third kappa shape index (κ3) is 4.47. The molecular formula is C22H15Cl2N3OS2. The molecule has 0 aliphatic rings. The number of halogens is 2. The highest BCUT2D eigenvalue weighted by Gasteiger charge is 2.17. The van der Waals surface area contributed by atoms with Gasteiger partial charge in [0, 0.05) is 16.1 Å². The Labute approximate surface area is 192 Å². The summed E-state index contributed by atoms with van der Waals surface area (Å²) in [5.41, 5.74) is 3.71. The fourth-order valence-corrected chi connectivity index (χ4v) is 4.61. The Morgan fingerprint density at radius 1 is 1.07 bits per heavy atom. The van der Waals surface area contributed by atoms with Gasteiger partial charge in [-0.3, -0.25) is 10.1 Å². The Morgan fingerprint density at radius 2 is 1.80 bits per heavy atom. The molecule has 0 spiro atoms. The molecule has 1 amide bonds. The van der Waals surface area contributed by atoms with Crippen LogP contribution in [0.2, 0.25) is 10.0 Å². The Morgan fingerprint density at radius 3 is 2.53 bits per heavy atom. The van der Waals surface area contributed by atoms with Crippen LogP contribution in [0.1, 0.15) is 15.9 Å². The number of benzene rings is 3. The molecule has 150 valence electrons. The van der Waals surface area contributed by atoms with Gasteiger partial charge in [-0.2, -0.15) is 0 Å². The maximum absolute atomic E-state index is 12.5. The molecule has 4 rings (SSSR count). The fraction of sp³-hybridized carbons (Fsp3) is 0.0455.